The van der Waals surface area contributed by atoms with E-state index in [4.69, 9.17) is 5.11 Å². The van der Waals surface area contributed by atoms with E-state index in [-0.39, 0.29) is 4.47 Å². The molecule has 3 nitrogen and oxygen atoms in total. The fourth-order valence-corrected chi connectivity index (χ4v) is 1.47. The van der Waals surface area contributed by atoms with Gasteiger partial charge >= 0.3 is 11.9 Å². The summed E-state index contributed by atoms with van der Waals surface area (Å²) in [6.07, 6.45) is -0.0710. The van der Waals surface area contributed by atoms with E-state index < -0.39 is 24.0 Å². The number of carbonyl (C=O) groups is 1. The Bertz CT molecular complexity index is 357. The highest BCUT2D eigenvalue weighted by Gasteiger charge is 2.37. The molecular formula is C8H6BrF2NO2. The summed E-state index contributed by atoms with van der Waals surface area (Å²) in [6, 6.07) is 2.86. The van der Waals surface area contributed by atoms with Crippen LogP contribution in [0.3, 0.4) is 0 Å². The number of alkyl halides is 2. The van der Waals surface area contributed by atoms with Crippen molar-refractivity contribution >= 4 is 21.9 Å². The highest BCUT2D eigenvalue weighted by molar-refractivity contribution is 9.10. The van der Waals surface area contributed by atoms with Crippen LogP contribution in [0.2, 0.25) is 0 Å². The first-order chi connectivity index (χ1) is 6.43. The highest BCUT2D eigenvalue weighted by Crippen LogP contribution is 2.34. The number of hydrogen-bond donors (Lipinski definition) is 1. The SMILES string of the molecule is O=C(O)CC(F)(F)c1ncccc1Br. The lowest BCUT2D eigenvalue weighted by Gasteiger charge is -2.14. The summed E-state index contributed by atoms with van der Waals surface area (Å²) >= 11 is 2.89. The van der Waals surface area contributed by atoms with Gasteiger partial charge in [0.25, 0.3) is 0 Å². The van der Waals surface area contributed by atoms with Crippen LogP contribution < -0.4 is 0 Å². The Morgan fingerprint density at radius 2 is 2.29 bits per heavy atom. The van der Waals surface area contributed by atoms with E-state index in [9.17, 15) is 13.6 Å². The summed E-state index contributed by atoms with van der Waals surface area (Å²) in [4.78, 5) is 13.6. The molecule has 0 aromatic carbocycles. The summed E-state index contributed by atoms with van der Waals surface area (Å²) in [6.45, 7) is 0. The van der Waals surface area contributed by atoms with Crippen LogP contribution in [-0.4, -0.2) is 16.1 Å². The average Bonchev–Trinajstić information content (AvgIpc) is 2.02. The van der Waals surface area contributed by atoms with E-state index in [0.717, 1.165) is 0 Å². The molecule has 1 aromatic rings. The second-order valence-electron chi connectivity index (χ2n) is 2.61. The summed E-state index contributed by atoms with van der Waals surface area (Å²) in [5.74, 6) is -5.01. The Morgan fingerprint density at radius 1 is 1.64 bits per heavy atom. The smallest absolute Gasteiger partial charge is 0.309 e. The minimum atomic E-state index is -3.45. The number of carboxylic acid groups (broad SMARTS) is 1. The average molecular weight is 266 g/mol. The van der Waals surface area contributed by atoms with Crippen LogP contribution in [0.25, 0.3) is 0 Å². The number of aliphatic carboxylic acids is 1. The molecule has 0 spiro atoms. The maximum atomic E-state index is 13.2. The van der Waals surface area contributed by atoms with Crippen molar-refractivity contribution in [2.45, 2.75) is 12.3 Å². The summed E-state index contributed by atoms with van der Waals surface area (Å²) in [5.41, 5.74) is -0.553. The van der Waals surface area contributed by atoms with Gasteiger partial charge in [-0.15, -0.1) is 0 Å². The lowest BCUT2D eigenvalue weighted by Crippen LogP contribution is -2.20. The highest BCUT2D eigenvalue weighted by atomic mass is 79.9. The monoisotopic (exact) mass is 265 g/mol. The molecule has 14 heavy (non-hydrogen) atoms. The zero-order chi connectivity index (χ0) is 10.8. The van der Waals surface area contributed by atoms with Crippen molar-refractivity contribution in [1.29, 1.82) is 0 Å². The van der Waals surface area contributed by atoms with Crippen molar-refractivity contribution in [3.05, 3.63) is 28.5 Å². The Labute approximate surface area is 86.9 Å². The fourth-order valence-electron chi connectivity index (χ4n) is 0.928. The van der Waals surface area contributed by atoms with Crippen molar-refractivity contribution in [2.24, 2.45) is 0 Å². The third-order valence-electron chi connectivity index (χ3n) is 1.48. The molecule has 0 aliphatic rings. The predicted molar refractivity (Wildman–Crippen MR) is 48.1 cm³/mol. The van der Waals surface area contributed by atoms with E-state index in [0.29, 0.717) is 0 Å². The zero-order valence-electron chi connectivity index (χ0n) is 6.88. The van der Waals surface area contributed by atoms with Crippen LogP contribution in [0.5, 0.6) is 0 Å². The number of hydrogen-bond acceptors (Lipinski definition) is 2. The molecule has 0 aliphatic heterocycles. The van der Waals surface area contributed by atoms with Crippen LogP contribution >= 0.6 is 15.9 Å². The molecular weight excluding hydrogens is 260 g/mol. The van der Waals surface area contributed by atoms with Crippen LogP contribution in [0.1, 0.15) is 12.1 Å². The van der Waals surface area contributed by atoms with E-state index in [2.05, 4.69) is 20.9 Å². The maximum Gasteiger partial charge on any atom is 0.309 e. The third kappa shape index (κ3) is 2.47. The molecule has 76 valence electrons. The van der Waals surface area contributed by atoms with Crippen molar-refractivity contribution in [2.75, 3.05) is 0 Å². The molecule has 0 saturated heterocycles. The Balaban J connectivity index is 3.03. The quantitative estimate of drug-likeness (QED) is 0.913. The largest absolute Gasteiger partial charge is 0.481 e. The van der Waals surface area contributed by atoms with Gasteiger partial charge in [-0.05, 0) is 28.1 Å². The first-order valence-electron chi connectivity index (χ1n) is 3.64. The molecule has 6 heteroatoms. The van der Waals surface area contributed by atoms with Gasteiger partial charge in [-0.25, -0.2) is 0 Å². The second kappa shape index (κ2) is 4.00. The Hall–Kier alpha value is -1.04. The molecule has 0 bridgehead atoms. The van der Waals surface area contributed by atoms with E-state index in [1.54, 1.807) is 0 Å². The number of halogens is 3. The molecule has 1 heterocycles. The molecule has 0 radical (unpaired) electrons. The first-order valence-corrected chi connectivity index (χ1v) is 4.43. The molecule has 0 saturated carbocycles. The first kappa shape index (κ1) is 11.0. The van der Waals surface area contributed by atoms with Gasteiger partial charge < -0.3 is 5.11 Å². The second-order valence-corrected chi connectivity index (χ2v) is 3.46. The van der Waals surface area contributed by atoms with Crippen LogP contribution in [0.15, 0.2) is 22.8 Å². The van der Waals surface area contributed by atoms with Gasteiger partial charge in [0, 0.05) is 10.7 Å². The van der Waals surface area contributed by atoms with Gasteiger partial charge in [-0.3, -0.25) is 9.78 Å². The topological polar surface area (TPSA) is 50.2 Å². The van der Waals surface area contributed by atoms with Gasteiger partial charge in [0.2, 0.25) is 0 Å². The number of nitrogens with zero attached hydrogens (tertiary/aromatic N) is 1. The van der Waals surface area contributed by atoms with Gasteiger partial charge in [0.15, 0.2) is 0 Å². The van der Waals surface area contributed by atoms with Crippen molar-refractivity contribution < 1.29 is 18.7 Å². The molecule has 0 aliphatic carbocycles. The zero-order valence-corrected chi connectivity index (χ0v) is 8.46. The third-order valence-corrected chi connectivity index (χ3v) is 2.12. The Kier molecular flexibility index (Phi) is 3.15. The van der Waals surface area contributed by atoms with Crippen LogP contribution in [0, 0.1) is 0 Å². The lowest BCUT2D eigenvalue weighted by atomic mass is 10.1. The van der Waals surface area contributed by atoms with Gasteiger partial charge in [0.1, 0.15) is 12.1 Å². The predicted octanol–water partition coefficient (Wildman–Crippen LogP) is 2.41. The minimum absolute atomic E-state index is 0.103. The molecule has 0 unspecified atom stereocenters. The molecule has 0 fully saturated rings. The molecule has 0 amide bonds. The van der Waals surface area contributed by atoms with Gasteiger partial charge in [0.05, 0.1) is 0 Å². The van der Waals surface area contributed by atoms with Crippen LogP contribution in [0.4, 0.5) is 8.78 Å². The number of rotatable bonds is 3. The van der Waals surface area contributed by atoms with Gasteiger partial charge in [-0.1, -0.05) is 0 Å². The van der Waals surface area contributed by atoms with E-state index in [1.165, 1.54) is 18.3 Å². The maximum absolute atomic E-state index is 13.2. The van der Waals surface area contributed by atoms with Crippen molar-refractivity contribution in [3.8, 4) is 0 Å². The number of pyridine rings is 1. The summed E-state index contributed by atoms with van der Waals surface area (Å²) in [5, 5.41) is 8.28. The molecule has 0 atom stereocenters. The summed E-state index contributed by atoms with van der Waals surface area (Å²) < 4.78 is 26.5. The Morgan fingerprint density at radius 3 is 2.79 bits per heavy atom. The minimum Gasteiger partial charge on any atom is -0.481 e. The van der Waals surface area contributed by atoms with Gasteiger partial charge in [-0.2, -0.15) is 8.78 Å². The fraction of sp³-hybridized carbons (Fsp3) is 0.250. The van der Waals surface area contributed by atoms with Crippen molar-refractivity contribution in [3.63, 3.8) is 0 Å². The van der Waals surface area contributed by atoms with Crippen LogP contribution in [-0.2, 0) is 10.7 Å². The van der Waals surface area contributed by atoms with E-state index in [1.807, 2.05) is 0 Å². The summed E-state index contributed by atoms with van der Waals surface area (Å²) in [7, 11) is 0. The molecule has 1 aromatic heterocycles. The van der Waals surface area contributed by atoms with Crippen molar-refractivity contribution in [1.82, 2.24) is 4.98 Å². The molecule has 1 rings (SSSR count). The number of carboxylic acids is 1. The lowest BCUT2D eigenvalue weighted by molar-refractivity contribution is -0.145. The number of aromatic nitrogens is 1. The normalized spacial score (nSPS) is 11.4. The van der Waals surface area contributed by atoms with E-state index >= 15 is 0 Å². The molecule has 1 N–H and O–H groups in total. The standard InChI is InChI=1S/C8H6BrF2NO2/c9-5-2-1-3-12-7(5)8(10,11)4-6(13)14/h1-3H,4H2,(H,13,14).